The number of anilines is 2. The third-order valence-electron chi connectivity index (χ3n) is 5.59. The summed E-state index contributed by atoms with van der Waals surface area (Å²) in [4.78, 5) is 15.9. The average Bonchev–Trinajstić information content (AvgIpc) is 3.03. The summed E-state index contributed by atoms with van der Waals surface area (Å²) in [6.45, 7) is 2.04. The molecule has 1 unspecified atom stereocenters. The Morgan fingerprint density at radius 2 is 1.89 bits per heavy atom. The average molecular weight is 373 g/mol. The molecule has 0 bridgehead atoms. The van der Waals surface area contributed by atoms with E-state index in [1.807, 2.05) is 24.3 Å². The van der Waals surface area contributed by atoms with Gasteiger partial charge < -0.3 is 10.2 Å². The van der Waals surface area contributed by atoms with E-state index in [9.17, 15) is 8.78 Å². The van der Waals surface area contributed by atoms with Crippen LogP contribution in [0.5, 0.6) is 0 Å². The molecule has 2 aromatic rings. The van der Waals surface area contributed by atoms with E-state index in [-0.39, 0.29) is 18.8 Å². The normalized spacial score (nSPS) is 23.4. The summed E-state index contributed by atoms with van der Waals surface area (Å²) in [7, 11) is 2.12. The van der Waals surface area contributed by atoms with Crippen molar-refractivity contribution in [2.75, 3.05) is 25.5 Å². The monoisotopic (exact) mass is 373 g/mol. The maximum absolute atomic E-state index is 13.7. The van der Waals surface area contributed by atoms with Crippen molar-refractivity contribution in [1.29, 1.82) is 0 Å². The highest BCUT2D eigenvalue weighted by atomic mass is 19.3. The number of piperidine rings is 1. The van der Waals surface area contributed by atoms with Crippen LogP contribution in [0.3, 0.4) is 0 Å². The SMILES string of the molecule is CN1CCC(c2cc(Nc3ccccn3)nc(C3CCC(F)(F)C3)n2)CC1. The third kappa shape index (κ3) is 4.40. The van der Waals surface area contributed by atoms with E-state index in [0.29, 0.717) is 29.8 Å². The van der Waals surface area contributed by atoms with Gasteiger partial charge in [0, 0.05) is 42.6 Å². The first-order valence-electron chi connectivity index (χ1n) is 9.62. The summed E-state index contributed by atoms with van der Waals surface area (Å²) in [5.41, 5.74) is 0.960. The van der Waals surface area contributed by atoms with E-state index in [1.165, 1.54) is 0 Å². The Morgan fingerprint density at radius 3 is 2.56 bits per heavy atom. The number of rotatable bonds is 4. The van der Waals surface area contributed by atoms with Gasteiger partial charge in [0.2, 0.25) is 5.92 Å². The number of pyridine rings is 1. The first-order valence-corrected chi connectivity index (χ1v) is 9.62. The van der Waals surface area contributed by atoms with Gasteiger partial charge in [0.1, 0.15) is 17.5 Å². The lowest BCUT2D eigenvalue weighted by Crippen LogP contribution is -2.29. The van der Waals surface area contributed by atoms with Crippen LogP contribution < -0.4 is 5.32 Å². The molecule has 2 fully saturated rings. The van der Waals surface area contributed by atoms with Gasteiger partial charge in [0.15, 0.2) is 0 Å². The fraction of sp³-hybridized carbons (Fsp3) is 0.550. The number of aromatic nitrogens is 3. The van der Waals surface area contributed by atoms with Gasteiger partial charge in [-0.1, -0.05) is 6.07 Å². The highest BCUT2D eigenvalue weighted by Crippen LogP contribution is 2.43. The summed E-state index contributed by atoms with van der Waals surface area (Å²) < 4.78 is 27.5. The van der Waals surface area contributed by atoms with Gasteiger partial charge >= 0.3 is 0 Å². The van der Waals surface area contributed by atoms with E-state index in [1.54, 1.807) is 6.20 Å². The number of alkyl halides is 2. The second kappa shape index (κ2) is 7.46. The molecule has 0 aromatic carbocycles. The molecule has 2 aromatic heterocycles. The van der Waals surface area contributed by atoms with E-state index >= 15 is 0 Å². The number of nitrogens with one attached hydrogen (secondary N) is 1. The Kier molecular flexibility index (Phi) is 5.04. The minimum Gasteiger partial charge on any atom is -0.325 e. The van der Waals surface area contributed by atoms with Crippen LogP contribution in [0, 0.1) is 0 Å². The molecule has 5 nitrogen and oxygen atoms in total. The van der Waals surface area contributed by atoms with Gasteiger partial charge in [-0.2, -0.15) is 0 Å². The number of likely N-dealkylation sites (tertiary alicyclic amines) is 1. The molecule has 144 valence electrons. The lowest BCUT2D eigenvalue weighted by molar-refractivity contribution is 0.00753. The summed E-state index contributed by atoms with van der Waals surface area (Å²) in [5, 5.41) is 3.22. The molecular formula is C20H25F2N5. The van der Waals surface area contributed by atoms with Crippen molar-refractivity contribution in [3.05, 3.63) is 42.0 Å². The van der Waals surface area contributed by atoms with Gasteiger partial charge in [-0.3, -0.25) is 0 Å². The molecule has 2 aliphatic rings. The molecule has 1 aliphatic carbocycles. The maximum atomic E-state index is 13.7. The van der Waals surface area contributed by atoms with Crippen LogP contribution in [-0.4, -0.2) is 45.9 Å². The zero-order valence-corrected chi connectivity index (χ0v) is 15.5. The van der Waals surface area contributed by atoms with Gasteiger partial charge in [0.25, 0.3) is 0 Å². The Bertz CT molecular complexity index is 775. The first kappa shape index (κ1) is 18.2. The Balaban J connectivity index is 1.63. The van der Waals surface area contributed by atoms with Crippen molar-refractivity contribution < 1.29 is 8.78 Å². The first-order chi connectivity index (χ1) is 13.0. The summed E-state index contributed by atoms with van der Waals surface area (Å²) in [6, 6.07) is 7.57. The standard InChI is InChI=1S/C20H25F2N5/c1-27-10-6-14(7-11-27)16-12-18(25-17-4-2-3-9-23-17)26-19(24-16)15-5-8-20(21,22)13-15/h2-4,9,12,14-15H,5-8,10-11,13H2,1H3,(H,23,24,25,26). The molecule has 0 amide bonds. The zero-order valence-electron chi connectivity index (χ0n) is 15.5. The summed E-state index contributed by atoms with van der Waals surface area (Å²) in [5.74, 6) is -0.672. The van der Waals surface area contributed by atoms with Gasteiger partial charge in [0.05, 0.1) is 0 Å². The van der Waals surface area contributed by atoms with Gasteiger partial charge in [-0.25, -0.2) is 23.7 Å². The third-order valence-corrected chi connectivity index (χ3v) is 5.59. The smallest absolute Gasteiger partial charge is 0.248 e. The van der Waals surface area contributed by atoms with E-state index < -0.39 is 5.92 Å². The van der Waals surface area contributed by atoms with Crippen molar-refractivity contribution in [3.63, 3.8) is 0 Å². The minimum atomic E-state index is -2.61. The predicted molar refractivity (Wildman–Crippen MR) is 101 cm³/mol. The van der Waals surface area contributed by atoms with E-state index in [2.05, 4.69) is 27.2 Å². The summed E-state index contributed by atoms with van der Waals surface area (Å²) >= 11 is 0. The molecule has 1 atom stereocenters. The topological polar surface area (TPSA) is 53.9 Å². The molecule has 0 spiro atoms. The van der Waals surface area contributed by atoms with Gasteiger partial charge in [-0.05, 0) is 51.5 Å². The quantitative estimate of drug-likeness (QED) is 0.865. The highest BCUT2D eigenvalue weighted by Gasteiger charge is 2.41. The van der Waals surface area contributed by atoms with Crippen LogP contribution in [0.15, 0.2) is 30.5 Å². The van der Waals surface area contributed by atoms with Crippen LogP contribution in [0.2, 0.25) is 0 Å². The van der Waals surface area contributed by atoms with Crippen molar-refractivity contribution in [2.24, 2.45) is 0 Å². The number of hydrogen-bond donors (Lipinski definition) is 1. The molecule has 1 N–H and O–H groups in total. The fourth-order valence-corrected chi connectivity index (χ4v) is 3.98. The molecule has 1 saturated carbocycles. The van der Waals surface area contributed by atoms with Crippen LogP contribution in [0.25, 0.3) is 0 Å². The lowest BCUT2D eigenvalue weighted by atomic mass is 9.93. The van der Waals surface area contributed by atoms with E-state index in [4.69, 9.17) is 4.98 Å². The molecular weight excluding hydrogens is 348 g/mol. The highest BCUT2D eigenvalue weighted by molar-refractivity contribution is 5.52. The predicted octanol–water partition coefficient (Wildman–Crippen LogP) is 4.33. The second-order valence-corrected chi connectivity index (χ2v) is 7.75. The maximum Gasteiger partial charge on any atom is 0.248 e. The molecule has 4 rings (SSSR count). The van der Waals surface area contributed by atoms with Crippen molar-refractivity contribution in [3.8, 4) is 0 Å². The van der Waals surface area contributed by atoms with Crippen LogP contribution in [0.4, 0.5) is 20.4 Å². The van der Waals surface area contributed by atoms with Crippen molar-refractivity contribution >= 4 is 11.6 Å². The summed E-state index contributed by atoms with van der Waals surface area (Å²) in [6.07, 6.45) is 3.95. The second-order valence-electron chi connectivity index (χ2n) is 7.75. The van der Waals surface area contributed by atoms with Crippen LogP contribution in [0.1, 0.15) is 55.5 Å². The van der Waals surface area contributed by atoms with Crippen molar-refractivity contribution in [1.82, 2.24) is 19.9 Å². The molecule has 1 saturated heterocycles. The minimum absolute atomic E-state index is 0.0809. The number of hydrogen-bond acceptors (Lipinski definition) is 5. The number of nitrogens with zero attached hydrogens (tertiary/aromatic N) is 4. The Morgan fingerprint density at radius 1 is 1.07 bits per heavy atom. The molecule has 1 aliphatic heterocycles. The molecule has 7 heteroatoms. The van der Waals surface area contributed by atoms with E-state index in [0.717, 1.165) is 31.6 Å². The lowest BCUT2D eigenvalue weighted by Gasteiger charge is -2.29. The Labute approximate surface area is 158 Å². The van der Waals surface area contributed by atoms with Gasteiger partial charge in [-0.15, -0.1) is 0 Å². The molecule has 0 radical (unpaired) electrons. The molecule has 27 heavy (non-hydrogen) atoms. The van der Waals surface area contributed by atoms with Crippen molar-refractivity contribution in [2.45, 2.75) is 49.9 Å². The fourth-order valence-electron chi connectivity index (χ4n) is 3.98. The van der Waals surface area contributed by atoms with Crippen LogP contribution in [-0.2, 0) is 0 Å². The molecule has 3 heterocycles. The zero-order chi connectivity index (χ0) is 18.9. The Hall–Kier alpha value is -2.15. The number of halogens is 2. The van der Waals surface area contributed by atoms with Crippen LogP contribution >= 0.6 is 0 Å². The largest absolute Gasteiger partial charge is 0.325 e.